The number of H-pyrrole nitrogens is 1. The summed E-state index contributed by atoms with van der Waals surface area (Å²) in [6, 6.07) is 8.63. The molecule has 0 aliphatic rings. The Hall–Kier alpha value is -2.96. The van der Waals surface area contributed by atoms with Crippen LogP contribution in [-0.2, 0) is 6.54 Å². The number of aryl methyl sites for hydroxylation is 1. The Balaban J connectivity index is 1.89. The van der Waals surface area contributed by atoms with E-state index < -0.39 is 5.91 Å². The van der Waals surface area contributed by atoms with Crippen LogP contribution in [0.25, 0.3) is 10.9 Å². The molecule has 0 saturated heterocycles. The standard InChI is InChI=1S/C15H14N4O3/c1-9-7-10(22-18-9)8-19(2)15(21)13-16-12-6-4-3-5-11(12)14(20)17-13/h3-7H,8H2,1-2H3,(H,16,17,20). The molecule has 0 aliphatic carbocycles. The molecule has 0 radical (unpaired) electrons. The number of aromatic nitrogens is 3. The summed E-state index contributed by atoms with van der Waals surface area (Å²) in [4.78, 5) is 32.5. The normalized spacial score (nSPS) is 10.8. The van der Waals surface area contributed by atoms with Gasteiger partial charge >= 0.3 is 0 Å². The molecule has 22 heavy (non-hydrogen) atoms. The molecule has 1 N–H and O–H groups in total. The lowest BCUT2D eigenvalue weighted by atomic mass is 10.2. The molecule has 0 fully saturated rings. The number of para-hydroxylation sites is 1. The van der Waals surface area contributed by atoms with Crippen LogP contribution in [0, 0.1) is 6.92 Å². The zero-order valence-corrected chi connectivity index (χ0v) is 12.2. The topological polar surface area (TPSA) is 92.1 Å². The summed E-state index contributed by atoms with van der Waals surface area (Å²) < 4.78 is 5.08. The maximum Gasteiger partial charge on any atom is 0.289 e. The predicted molar refractivity (Wildman–Crippen MR) is 79.4 cm³/mol. The maximum atomic E-state index is 12.4. The Labute approximate surface area is 125 Å². The van der Waals surface area contributed by atoms with Gasteiger partial charge in [0.1, 0.15) is 0 Å². The highest BCUT2D eigenvalue weighted by Crippen LogP contribution is 2.09. The zero-order valence-electron chi connectivity index (χ0n) is 12.2. The van der Waals surface area contributed by atoms with Gasteiger partial charge in [-0.05, 0) is 19.1 Å². The first-order chi connectivity index (χ1) is 10.5. The zero-order chi connectivity index (χ0) is 15.7. The number of nitrogens with zero attached hydrogens (tertiary/aromatic N) is 3. The van der Waals surface area contributed by atoms with Gasteiger partial charge in [-0.15, -0.1) is 0 Å². The SMILES string of the molecule is Cc1cc(CN(C)C(=O)c2nc3ccccc3c(=O)[nH]2)on1. The lowest BCUT2D eigenvalue weighted by molar-refractivity contribution is 0.0760. The van der Waals surface area contributed by atoms with Crippen LogP contribution in [0.1, 0.15) is 22.1 Å². The van der Waals surface area contributed by atoms with Gasteiger partial charge in [0.2, 0.25) is 0 Å². The van der Waals surface area contributed by atoms with Crippen LogP contribution < -0.4 is 5.56 Å². The third kappa shape index (κ3) is 2.60. The number of benzene rings is 1. The Morgan fingerprint density at radius 1 is 1.36 bits per heavy atom. The Morgan fingerprint density at radius 2 is 2.14 bits per heavy atom. The van der Waals surface area contributed by atoms with Crippen LogP contribution in [0.15, 0.2) is 39.6 Å². The van der Waals surface area contributed by atoms with Crippen LogP contribution in [0.5, 0.6) is 0 Å². The van der Waals surface area contributed by atoms with Crippen LogP contribution in [-0.4, -0.2) is 33.0 Å². The molecule has 2 aromatic heterocycles. The monoisotopic (exact) mass is 298 g/mol. The van der Waals surface area contributed by atoms with E-state index in [-0.39, 0.29) is 17.9 Å². The molecule has 7 nitrogen and oxygen atoms in total. The van der Waals surface area contributed by atoms with Crippen molar-refractivity contribution < 1.29 is 9.32 Å². The molecular formula is C15H14N4O3. The minimum absolute atomic E-state index is 0.00226. The summed E-state index contributed by atoms with van der Waals surface area (Å²) in [5.41, 5.74) is 0.893. The smallest absolute Gasteiger partial charge is 0.289 e. The van der Waals surface area contributed by atoms with Crippen molar-refractivity contribution in [3.8, 4) is 0 Å². The van der Waals surface area contributed by atoms with Crippen molar-refractivity contribution in [3.05, 3.63) is 58.0 Å². The van der Waals surface area contributed by atoms with E-state index in [2.05, 4.69) is 15.1 Å². The fourth-order valence-electron chi connectivity index (χ4n) is 2.16. The first kappa shape index (κ1) is 14.0. The number of nitrogens with one attached hydrogen (secondary N) is 1. The molecule has 3 aromatic rings. The Bertz CT molecular complexity index is 897. The van der Waals surface area contributed by atoms with E-state index in [0.717, 1.165) is 5.69 Å². The van der Waals surface area contributed by atoms with Crippen molar-refractivity contribution in [2.75, 3.05) is 7.05 Å². The molecule has 0 bridgehead atoms. The fourth-order valence-corrected chi connectivity index (χ4v) is 2.16. The second-order valence-corrected chi connectivity index (χ2v) is 5.03. The van der Waals surface area contributed by atoms with E-state index in [4.69, 9.17) is 4.52 Å². The largest absolute Gasteiger partial charge is 0.359 e. The van der Waals surface area contributed by atoms with Crippen molar-refractivity contribution >= 4 is 16.8 Å². The summed E-state index contributed by atoms with van der Waals surface area (Å²) in [5.74, 6) is 0.177. The number of hydrogen-bond acceptors (Lipinski definition) is 5. The molecule has 0 unspecified atom stereocenters. The second kappa shape index (κ2) is 5.44. The number of hydrogen-bond donors (Lipinski definition) is 1. The summed E-state index contributed by atoms with van der Waals surface area (Å²) in [6.45, 7) is 2.05. The van der Waals surface area contributed by atoms with Crippen molar-refractivity contribution in [1.29, 1.82) is 0 Å². The van der Waals surface area contributed by atoms with Gasteiger partial charge in [-0.2, -0.15) is 0 Å². The highest BCUT2D eigenvalue weighted by Gasteiger charge is 2.17. The first-order valence-electron chi connectivity index (χ1n) is 6.71. The maximum absolute atomic E-state index is 12.4. The molecule has 0 atom stereocenters. The minimum atomic E-state index is -0.392. The number of amides is 1. The van der Waals surface area contributed by atoms with Crippen LogP contribution in [0.4, 0.5) is 0 Å². The van der Waals surface area contributed by atoms with Gasteiger partial charge in [-0.25, -0.2) is 4.98 Å². The Morgan fingerprint density at radius 3 is 2.86 bits per heavy atom. The molecule has 0 spiro atoms. The number of aromatic amines is 1. The lowest BCUT2D eigenvalue weighted by Crippen LogP contribution is -2.29. The predicted octanol–water partition coefficient (Wildman–Crippen LogP) is 1.49. The van der Waals surface area contributed by atoms with Gasteiger partial charge in [-0.1, -0.05) is 17.3 Å². The van der Waals surface area contributed by atoms with E-state index >= 15 is 0 Å². The first-order valence-corrected chi connectivity index (χ1v) is 6.71. The highest BCUT2D eigenvalue weighted by atomic mass is 16.5. The fraction of sp³-hybridized carbons (Fsp3) is 0.200. The van der Waals surface area contributed by atoms with Gasteiger partial charge in [0.15, 0.2) is 11.6 Å². The molecule has 3 rings (SSSR count). The van der Waals surface area contributed by atoms with Crippen LogP contribution in [0.3, 0.4) is 0 Å². The van der Waals surface area contributed by atoms with Gasteiger partial charge in [0, 0.05) is 13.1 Å². The van der Waals surface area contributed by atoms with E-state index in [0.29, 0.717) is 16.7 Å². The number of fused-ring (bicyclic) bond motifs is 1. The average molecular weight is 298 g/mol. The molecular weight excluding hydrogens is 284 g/mol. The summed E-state index contributed by atoms with van der Waals surface area (Å²) >= 11 is 0. The van der Waals surface area contributed by atoms with Gasteiger partial charge in [0.25, 0.3) is 11.5 Å². The third-order valence-corrected chi connectivity index (χ3v) is 3.23. The molecule has 2 heterocycles. The lowest BCUT2D eigenvalue weighted by Gasteiger charge is -2.14. The van der Waals surface area contributed by atoms with E-state index in [9.17, 15) is 9.59 Å². The van der Waals surface area contributed by atoms with E-state index in [1.165, 1.54) is 4.90 Å². The van der Waals surface area contributed by atoms with Gasteiger partial charge < -0.3 is 14.4 Å². The minimum Gasteiger partial charge on any atom is -0.359 e. The van der Waals surface area contributed by atoms with E-state index in [1.807, 2.05) is 0 Å². The van der Waals surface area contributed by atoms with Crippen LogP contribution in [0.2, 0.25) is 0 Å². The van der Waals surface area contributed by atoms with Gasteiger partial charge in [-0.3, -0.25) is 9.59 Å². The van der Waals surface area contributed by atoms with E-state index in [1.54, 1.807) is 44.3 Å². The molecule has 0 aliphatic heterocycles. The Kier molecular flexibility index (Phi) is 3.46. The number of rotatable bonds is 3. The quantitative estimate of drug-likeness (QED) is 0.791. The second-order valence-electron chi connectivity index (χ2n) is 5.03. The molecule has 1 amide bonds. The molecule has 1 aromatic carbocycles. The van der Waals surface area contributed by atoms with Crippen molar-refractivity contribution in [3.63, 3.8) is 0 Å². The summed E-state index contributed by atoms with van der Waals surface area (Å²) in [6.07, 6.45) is 0. The molecule has 112 valence electrons. The summed E-state index contributed by atoms with van der Waals surface area (Å²) in [5, 5.41) is 4.22. The molecule has 0 saturated carbocycles. The van der Waals surface area contributed by atoms with Crippen LogP contribution >= 0.6 is 0 Å². The number of carbonyl (C=O) groups excluding carboxylic acids is 1. The van der Waals surface area contributed by atoms with Crippen molar-refractivity contribution in [2.24, 2.45) is 0 Å². The average Bonchev–Trinajstić information content (AvgIpc) is 2.91. The third-order valence-electron chi connectivity index (χ3n) is 3.23. The van der Waals surface area contributed by atoms with Gasteiger partial charge in [0.05, 0.1) is 23.1 Å². The summed E-state index contributed by atoms with van der Waals surface area (Å²) in [7, 11) is 1.61. The highest BCUT2D eigenvalue weighted by molar-refractivity contribution is 5.92. The van der Waals surface area contributed by atoms with Crippen molar-refractivity contribution in [1.82, 2.24) is 20.0 Å². The number of carbonyl (C=O) groups is 1. The van der Waals surface area contributed by atoms with Crippen molar-refractivity contribution in [2.45, 2.75) is 13.5 Å². The molecule has 7 heteroatoms.